The van der Waals surface area contributed by atoms with E-state index in [0.29, 0.717) is 23.3 Å². The quantitative estimate of drug-likeness (QED) is 0.858. The number of fused-ring (bicyclic) bond motifs is 3. The maximum atomic E-state index is 13.8. The maximum absolute atomic E-state index is 13.8. The summed E-state index contributed by atoms with van der Waals surface area (Å²) in [6.45, 7) is 6.03. The second-order valence-corrected chi connectivity index (χ2v) is 11.5. The average molecular weight is 379 g/mol. The monoisotopic (exact) mass is 378 g/mol. The second kappa shape index (κ2) is 5.84. The smallest absolute Gasteiger partial charge is 0.226 e. The molecule has 3 aliphatic heterocycles. The van der Waals surface area contributed by atoms with Crippen LogP contribution >= 0.6 is 0 Å². The van der Waals surface area contributed by atoms with Gasteiger partial charge < -0.3 is 10.2 Å². The lowest BCUT2D eigenvalue weighted by Crippen LogP contribution is -2.65. The van der Waals surface area contributed by atoms with E-state index in [1.54, 1.807) is 0 Å². The molecule has 1 aromatic rings. The van der Waals surface area contributed by atoms with Crippen LogP contribution in [0.15, 0.2) is 30.3 Å². The predicted octanol–water partition coefficient (Wildman–Crippen LogP) is 4.13. The molecule has 7 aliphatic rings. The van der Waals surface area contributed by atoms with Gasteiger partial charge in [0.2, 0.25) is 5.91 Å². The molecule has 0 spiro atoms. The van der Waals surface area contributed by atoms with Gasteiger partial charge >= 0.3 is 0 Å². The summed E-state index contributed by atoms with van der Waals surface area (Å²) < 4.78 is 0. The molecular formula is C25H34N2O. The zero-order chi connectivity index (χ0) is 19.0. The lowest BCUT2D eigenvalue weighted by Gasteiger charge is -2.65. The second-order valence-electron chi connectivity index (χ2n) is 11.5. The Morgan fingerprint density at radius 2 is 1.82 bits per heavy atom. The summed E-state index contributed by atoms with van der Waals surface area (Å²) in [5, 5.41) is 3.61. The minimum Gasteiger partial charge on any atom is -0.351 e. The Bertz CT molecular complexity index is 785. The molecule has 5 atom stereocenters. The first-order valence-electron chi connectivity index (χ1n) is 11.6. The lowest BCUT2D eigenvalue weighted by atomic mass is 9.38. The van der Waals surface area contributed by atoms with Crippen molar-refractivity contribution < 1.29 is 4.79 Å². The molecule has 6 bridgehead atoms. The molecule has 3 nitrogen and oxygen atoms in total. The Hall–Kier alpha value is -1.35. The number of carbonyl (C=O) groups excluding carboxylic acids is 1. The van der Waals surface area contributed by atoms with Crippen molar-refractivity contribution in [1.82, 2.24) is 10.2 Å². The molecule has 1 amide bonds. The fraction of sp³-hybridized carbons (Fsp3) is 0.720. The zero-order valence-corrected chi connectivity index (χ0v) is 17.3. The first-order chi connectivity index (χ1) is 13.5. The number of piperidine rings is 3. The van der Waals surface area contributed by atoms with Gasteiger partial charge in [-0.05, 0) is 92.7 Å². The van der Waals surface area contributed by atoms with E-state index in [1.807, 2.05) is 0 Å². The molecule has 3 saturated heterocycles. The molecule has 4 aliphatic carbocycles. The van der Waals surface area contributed by atoms with Gasteiger partial charge in [-0.15, -0.1) is 0 Å². The van der Waals surface area contributed by atoms with Crippen LogP contribution in [0.1, 0.15) is 63.9 Å². The Balaban J connectivity index is 1.31. The fourth-order valence-corrected chi connectivity index (χ4v) is 8.74. The molecule has 3 heteroatoms. The van der Waals surface area contributed by atoms with Crippen molar-refractivity contribution in [2.24, 2.45) is 22.7 Å². The summed E-state index contributed by atoms with van der Waals surface area (Å²) >= 11 is 0. The van der Waals surface area contributed by atoms with Crippen LogP contribution in [0.5, 0.6) is 0 Å². The molecule has 4 saturated carbocycles. The highest BCUT2D eigenvalue weighted by Crippen LogP contribution is 2.70. The summed E-state index contributed by atoms with van der Waals surface area (Å²) in [5.41, 5.74) is 1.92. The number of carbonyl (C=O) groups is 1. The van der Waals surface area contributed by atoms with Gasteiger partial charge in [-0.2, -0.15) is 0 Å². The van der Waals surface area contributed by atoms with Gasteiger partial charge in [0.25, 0.3) is 0 Å². The molecule has 0 radical (unpaired) electrons. The van der Waals surface area contributed by atoms with E-state index >= 15 is 0 Å². The normalized spacial score (nSPS) is 48.6. The first-order valence-corrected chi connectivity index (χ1v) is 11.6. The van der Waals surface area contributed by atoms with Crippen LogP contribution < -0.4 is 5.32 Å². The van der Waals surface area contributed by atoms with Gasteiger partial charge in [-0.3, -0.25) is 4.79 Å². The Morgan fingerprint density at radius 1 is 1.04 bits per heavy atom. The minimum atomic E-state index is -0.129. The van der Waals surface area contributed by atoms with Crippen molar-refractivity contribution >= 4 is 5.91 Å². The predicted molar refractivity (Wildman–Crippen MR) is 111 cm³/mol. The van der Waals surface area contributed by atoms with Crippen LogP contribution in [0.2, 0.25) is 0 Å². The van der Waals surface area contributed by atoms with Gasteiger partial charge in [0.05, 0.1) is 5.41 Å². The highest BCUT2D eigenvalue weighted by molar-refractivity contribution is 5.84. The molecule has 1 aromatic carbocycles. The SMILES string of the molecule is CC12CC3CC(C(=O)N[C@@H]4CN5CCC4CC5)(C1)CC(c1ccccc1)(C3)C2. The summed E-state index contributed by atoms with van der Waals surface area (Å²) in [5.74, 6) is 1.84. The van der Waals surface area contributed by atoms with E-state index < -0.39 is 0 Å². The van der Waals surface area contributed by atoms with E-state index in [9.17, 15) is 4.79 Å². The molecule has 3 heterocycles. The number of amides is 1. The van der Waals surface area contributed by atoms with Gasteiger partial charge in [-0.1, -0.05) is 37.3 Å². The molecule has 150 valence electrons. The van der Waals surface area contributed by atoms with E-state index in [2.05, 4.69) is 47.5 Å². The Morgan fingerprint density at radius 3 is 2.50 bits per heavy atom. The van der Waals surface area contributed by atoms with Crippen molar-refractivity contribution in [1.29, 1.82) is 0 Å². The number of hydrogen-bond donors (Lipinski definition) is 1. The van der Waals surface area contributed by atoms with Crippen molar-refractivity contribution in [3.05, 3.63) is 35.9 Å². The average Bonchev–Trinajstić information content (AvgIpc) is 2.68. The van der Waals surface area contributed by atoms with Crippen LogP contribution in [0.4, 0.5) is 0 Å². The van der Waals surface area contributed by atoms with Gasteiger partial charge in [0, 0.05) is 12.6 Å². The third-order valence-corrected chi connectivity index (χ3v) is 9.19. The van der Waals surface area contributed by atoms with E-state index in [1.165, 1.54) is 50.8 Å². The van der Waals surface area contributed by atoms with Crippen LogP contribution in [0, 0.1) is 22.7 Å². The largest absolute Gasteiger partial charge is 0.351 e. The highest BCUT2D eigenvalue weighted by Gasteiger charge is 2.64. The third-order valence-electron chi connectivity index (χ3n) is 9.19. The van der Waals surface area contributed by atoms with Crippen molar-refractivity contribution in [3.63, 3.8) is 0 Å². The Labute approximate surface area is 169 Å². The Kier molecular flexibility index (Phi) is 3.65. The van der Waals surface area contributed by atoms with Gasteiger partial charge in [0.15, 0.2) is 0 Å². The summed E-state index contributed by atoms with van der Waals surface area (Å²) in [4.78, 5) is 16.4. The molecule has 8 rings (SSSR count). The maximum Gasteiger partial charge on any atom is 0.226 e. The molecular weight excluding hydrogens is 344 g/mol. The van der Waals surface area contributed by atoms with Crippen LogP contribution in [-0.2, 0) is 10.2 Å². The zero-order valence-electron chi connectivity index (χ0n) is 17.3. The first kappa shape index (κ1) is 17.5. The molecule has 0 aromatic heterocycles. The standard InChI is InChI=1S/C25H34N2O/c1-23-11-18-12-24(15-23,20-5-3-2-4-6-20)17-25(13-18,16-23)22(28)26-21-14-27-9-7-19(21)8-10-27/h2-6,18-19,21H,7-17H2,1H3,(H,26,28)/t18?,21-,23?,24?,25?/m1/s1. The number of rotatable bonds is 3. The molecule has 4 unspecified atom stereocenters. The molecule has 1 N–H and O–H groups in total. The summed E-state index contributed by atoms with van der Waals surface area (Å²) in [6.07, 6.45) is 9.75. The topological polar surface area (TPSA) is 32.3 Å². The summed E-state index contributed by atoms with van der Waals surface area (Å²) in [6, 6.07) is 11.6. The van der Waals surface area contributed by atoms with E-state index in [0.717, 1.165) is 31.7 Å². The van der Waals surface area contributed by atoms with Crippen molar-refractivity contribution in [3.8, 4) is 0 Å². The lowest BCUT2D eigenvalue weighted by molar-refractivity contribution is -0.161. The highest BCUT2D eigenvalue weighted by atomic mass is 16.2. The number of nitrogens with zero attached hydrogens (tertiary/aromatic N) is 1. The number of benzene rings is 1. The minimum absolute atomic E-state index is 0.129. The summed E-state index contributed by atoms with van der Waals surface area (Å²) in [7, 11) is 0. The van der Waals surface area contributed by atoms with Gasteiger partial charge in [-0.25, -0.2) is 0 Å². The number of hydrogen-bond acceptors (Lipinski definition) is 2. The van der Waals surface area contributed by atoms with Crippen LogP contribution in [0.25, 0.3) is 0 Å². The van der Waals surface area contributed by atoms with Crippen LogP contribution in [-0.4, -0.2) is 36.5 Å². The third kappa shape index (κ3) is 2.54. The van der Waals surface area contributed by atoms with Crippen LogP contribution in [0.3, 0.4) is 0 Å². The molecule has 7 fully saturated rings. The van der Waals surface area contributed by atoms with E-state index in [-0.39, 0.29) is 10.8 Å². The van der Waals surface area contributed by atoms with Crippen molar-refractivity contribution in [2.75, 3.05) is 19.6 Å². The fourth-order valence-electron chi connectivity index (χ4n) is 8.74. The van der Waals surface area contributed by atoms with Crippen molar-refractivity contribution in [2.45, 2.75) is 69.7 Å². The van der Waals surface area contributed by atoms with E-state index in [4.69, 9.17) is 0 Å². The molecule has 28 heavy (non-hydrogen) atoms. The number of nitrogens with one attached hydrogen (secondary N) is 1. The van der Waals surface area contributed by atoms with Gasteiger partial charge in [0.1, 0.15) is 0 Å².